The molecule has 4 atom stereocenters. The highest BCUT2D eigenvalue weighted by Crippen LogP contribution is 2.48. The summed E-state index contributed by atoms with van der Waals surface area (Å²) >= 11 is 0. The summed E-state index contributed by atoms with van der Waals surface area (Å²) in [5.74, 6) is -9.54. The Morgan fingerprint density at radius 2 is 0.806 bits per heavy atom. The van der Waals surface area contributed by atoms with E-state index in [4.69, 9.17) is 28.4 Å². The molecule has 14 N–H and O–H groups in total. The molecule has 0 radical (unpaired) electrons. The second kappa shape index (κ2) is 19.9. The monoisotopic (exact) mass is 1000 g/mol. The number of hydrogen-bond acceptors (Lipinski definition) is 22. The molecule has 0 spiro atoms. The maximum Gasteiger partial charge on any atom is 0.338 e. The van der Waals surface area contributed by atoms with Crippen LogP contribution in [0.15, 0.2) is 72.8 Å². The molecule has 0 aromatic heterocycles. The van der Waals surface area contributed by atoms with Crippen LogP contribution < -0.4 is 18.9 Å². The van der Waals surface area contributed by atoms with Gasteiger partial charge in [0.25, 0.3) is 0 Å². The predicted octanol–water partition coefficient (Wildman–Crippen LogP) is 6.63. The number of phenolic OH excluding ortho intramolecular Hbond substituents is 14. The van der Waals surface area contributed by atoms with E-state index in [0.29, 0.717) is 0 Å². The van der Waals surface area contributed by atoms with Crippen LogP contribution in [0.25, 0.3) is 0 Å². The maximum absolute atomic E-state index is 13.1. The van der Waals surface area contributed by atoms with Gasteiger partial charge in [-0.1, -0.05) is 0 Å². The summed E-state index contributed by atoms with van der Waals surface area (Å²) in [4.78, 5) is 26.0. The van der Waals surface area contributed by atoms with Crippen LogP contribution in [-0.2, 0) is 22.3 Å². The van der Waals surface area contributed by atoms with E-state index < -0.39 is 93.8 Å². The third-order valence-electron chi connectivity index (χ3n) is 11.0. The van der Waals surface area contributed by atoms with Crippen LogP contribution in [0.4, 0.5) is 0 Å². The smallest absolute Gasteiger partial charge is 0.338 e. The van der Waals surface area contributed by atoms with Gasteiger partial charge >= 0.3 is 11.9 Å². The number of aromatic hydroxyl groups is 14. The first-order valence-corrected chi connectivity index (χ1v) is 21.7. The molecule has 22 nitrogen and oxygen atoms in total. The number of hydrogen-bond donors (Lipinski definition) is 14. The lowest BCUT2D eigenvalue weighted by Gasteiger charge is -2.34. The van der Waals surface area contributed by atoms with Crippen molar-refractivity contribution in [2.24, 2.45) is 0 Å². The molecule has 2 heterocycles. The number of esters is 2. The fraction of sp³-hybridized carbons (Fsp3) is 0.240. The molecular formula is C50H48O22. The summed E-state index contributed by atoms with van der Waals surface area (Å²) in [5.41, 5.74) is 0.313. The highest BCUT2D eigenvalue weighted by Gasteiger charge is 2.39. The van der Waals surface area contributed by atoms with E-state index in [0.717, 1.165) is 54.6 Å². The van der Waals surface area contributed by atoms with Gasteiger partial charge in [-0.05, 0) is 76.2 Å². The average Bonchev–Trinajstić information content (AvgIpc) is 3.29. The summed E-state index contributed by atoms with van der Waals surface area (Å²) in [6.45, 7) is 6.76. The normalized spacial score (nSPS) is 16.8. The molecule has 6 aromatic rings. The van der Waals surface area contributed by atoms with Crippen molar-refractivity contribution in [3.05, 3.63) is 106 Å². The van der Waals surface area contributed by atoms with Gasteiger partial charge in [-0.2, -0.15) is 0 Å². The molecule has 0 amide bonds. The molecule has 0 saturated carbocycles. The zero-order chi connectivity index (χ0) is 52.6. The van der Waals surface area contributed by atoms with Gasteiger partial charge in [0.15, 0.2) is 69.7 Å². The van der Waals surface area contributed by atoms with Crippen molar-refractivity contribution in [2.45, 2.75) is 77.2 Å². The van der Waals surface area contributed by atoms with E-state index in [1.54, 1.807) is 27.7 Å². The minimum Gasteiger partial charge on any atom is -0.508 e. The van der Waals surface area contributed by atoms with Crippen molar-refractivity contribution in [1.29, 1.82) is 0 Å². The highest BCUT2D eigenvalue weighted by molar-refractivity contribution is 5.92. The van der Waals surface area contributed by atoms with Crippen molar-refractivity contribution in [3.63, 3.8) is 0 Å². The minimum absolute atomic E-state index is 0.0716. The van der Waals surface area contributed by atoms with E-state index in [9.17, 15) is 81.1 Å². The maximum atomic E-state index is 13.1. The Hall–Kier alpha value is -9.34. The number of phenols is 14. The molecule has 2 aliphatic rings. The Morgan fingerprint density at radius 3 is 1.19 bits per heavy atom. The van der Waals surface area contributed by atoms with Crippen LogP contribution in [0, 0.1) is 0 Å². The molecule has 6 aromatic carbocycles. The van der Waals surface area contributed by atoms with Gasteiger partial charge in [0.2, 0.25) is 11.5 Å². The molecule has 0 saturated heterocycles. The molecular weight excluding hydrogens is 953 g/mol. The van der Waals surface area contributed by atoms with Gasteiger partial charge in [-0.25, -0.2) is 9.59 Å². The second-order valence-electron chi connectivity index (χ2n) is 17.1. The van der Waals surface area contributed by atoms with Gasteiger partial charge in [0.05, 0.1) is 23.3 Å². The first-order chi connectivity index (χ1) is 33.9. The quantitative estimate of drug-likeness (QED) is 0.0505. The Kier molecular flexibility index (Phi) is 14.0. The lowest BCUT2D eigenvalue weighted by atomic mass is 9.93. The zero-order valence-corrected chi connectivity index (χ0v) is 38.3. The van der Waals surface area contributed by atoms with Gasteiger partial charge in [-0.3, -0.25) is 0 Å². The Morgan fingerprint density at radius 1 is 0.444 bits per heavy atom. The molecule has 72 heavy (non-hydrogen) atoms. The number of ether oxygens (including phenoxy) is 6. The summed E-state index contributed by atoms with van der Waals surface area (Å²) in [5, 5.41) is 140. The van der Waals surface area contributed by atoms with Gasteiger partial charge < -0.3 is 99.9 Å². The van der Waals surface area contributed by atoms with Crippen molar-refractivity contribution in [3.8, 4) is 103 Å². The lowest BCUT2D eigenvalue weighted by Crippen LogP contribution is -2.34. The predicted molar refractivity (Wildman–Crippen MR) is 246 cm³/mol. The third-order valence-corrected chi connectivity index (χ3v) is 11.0. The van der Waals surface area contributed by atoms with Gasteiger partial charge in [0.1, 0.15) is 46.7 Å². The number of rotatable bonds is 10. The summed E-state index contributed by atoms with van der Waals surface area (Å²) < 4.78 is 33.8. The van der Waals surface area contributed by atoms with E-state index in [1.165, 1.54) is 18.2 Å². The number of carbonyl (C=O) groups is 2. The fourth-order valence-corrected chi connectivity index (χ4v) is 7.79. The molecule has 8 rings (SSSR count). The first-order valence-electron chi connectivity index (χ1n) is 21.7. The highest BCUT2D eigenvalue weighted by atomic mass is 16.6. The van der Waals surface area contributed by atoms with E-state index in [2.05, 4.69) is 0 Å². The number of benzene rings is 6. The SMILES string of the molecule is CC(C)Oc1c(O)cc(C(=O)O[C@@H]2Cc3c(O)cc(O)cc3O[C@@H]2c2cc(O)c(O)c(O)c2)cc1O.CC(C)Oc1cc(C(=O)O[C@@H]2Cc3c(O)cc(O)cc3O[C@@H]2c2cc(O)c(O)c(O)c2)cc(O)c1O. The van der Waals surface area contributed by atoms with E-state index >= 15 is 0 Å². The zero-order valence-electron chi connectivity index (χ0n) is 38.3. The molecule has 380 valence electrons. The molecule has 22 heteroatoms. The van der Waals surface area contributed by atoms with Crippen molar-refractivity contribution in [2.75, 3.05) is 0 Å². The Bertz CT molecular complexity index is 3000. The van der Waals surface area contributed by atoms with Crippen LogP contribution >= 0.6 is 0 Å². The molecule has 0 aliphatic carbocycles. The fourth-order valence-electron chi connectivity index (χ4n) is 7.79. The van der Waals surface area contributed by atoms with Crippen LogP contribution in [0.5, 0.6) is 103 Å². The first kappa shape index (κ1) is 50.5. The summed E-state index contributed by atoms with van der Waals surface area (Å²) in [7, 11) is 0. The Balaban J connectivity index is 0.000000211. The standard InChI is InChI=1S/2C25H24O11/c1-10(2)34-20-6-12(5-18(30)23(20)32)25(33)36-21-9-14-15(27)7-13(26)8-19(14)35-24(21)11-3-16(28)22(31)17(29)4-11;1-10(2)34-24-18(30)5-12(6-19(24)31)25(33)36-21-9-14-15(27)7-13(26)8-20(14)35-23(21)11-3-16(28)22(32)17(29)4-11/h3-8,10,21,24,26-32H,9H2,1-2H3;3-8,10,21,23,26-32H,9H2,1-2H3/t21-,24-;21-,23-/m11/s1. The summed E-state index contributed by atoms with van der Waals surface area (Å²) in [6, 6.07) is 13.4. The van der Waals surface area contributed by atoms with Gasteiger partial charge in [0, 0.05) is 59.4 Å². The van der Waals surface area contributed by atoms with Crippen molar-refractivity contribution < 1.29 is 110 Å². The van der Waals surface area contributed by atoms with Crippen LogP contribution in [0.3, 0.4) is 0 Å². The second-order valence-corrected chi connectivity index (χ2v) is 17.1. The molecule has 0 unspecified atom stereocenters. The van der Waals surface area contributed by atoms with Crippen molar-refractivity contribution >= 4 is 11.9 Å². The third kappa shape index (κ3) is 10.6. The minimum atomic E-state index is -1.16. The molecule has 0 bridgehead atoms. The van der Waals surface area contributed by atoms with E-state index in [-0.39, 0.29) is 104 Å². The summed E-state index contributed by atoms with van der Waals surface area (Å²) in [6.07, 6.45) is -5.54. The Labute approximate surface area is 407 Å². The van der Waals surface area contributed by atoms with E-state index in [1.807, 2.05) is 0 Å². The van der Waals surface area contributed by atoms with Crippen LogP contribution in [0.2, 0.25) is 0 Å². The van der Waals surface area contributed by atoms with Gasteiger partial charge in [-0.15, -0.1) is 0 Å². The number of fused-ring (bicyclic) bond motifs is 2. The lowest BCUT2D eigenvalue weighted by molar-refractivity contribution is -0.0193. The number of carbonyl (C=O) groups excluding carboxylic acids is 2. The van der Waals surface area contributed by atoms with Crippen LogP contribution in [-0.4, -0.2) is 108 Å². The topological polar surface area (TPSA) is 373 Å². The average molecular weight is 1000 g/mol. The van der Waals surface area contributed by atoms with Crippen molar-refractivity contribution in [1.82, 2.24) is 0 Å². The largest absolute Gasteiger partial charge is 0.508 e. The molecule has 0 fully saturated rings. The molecule has 2 aliphatic heterocycles. The van der Waals surface area contributed by atoms with Crippen LogP contribution in [0.1, 0.15) is 82.9 Å².